The van der Waals surface area contributed by atoms with Crippen molar-refractivity contribution in [3.05, 3.63) is 82.3 Å². The first-order valence-electron chi connectivity index (χ1n) is 9.85. The Kier molecular flexibility index (Phi) is 5.01. The summed E-state index contributed by atoms with van der Waals surface area (Å²) in [5, 5.41) is 19.9. The van der Waals surface area contributed by atoms with Crippen LogP contribution in [0.15, 0.2) is 53.1 Å². The van der Waals surface area contributed by atoms with Gasteiger partial charge in [0.05, 0.1) is 6.26 Å². The van der Waals surface area contributed by atoms with E-state index in [1.54, 1.807) is 31.4 Å². The van der Waals surface area contributed by atoms with Crippen molar-refractivity contribution in [1.82, 2.24) is 0 Å². The summed E-state index contributed by atoms with van der Waals surface area (Å²) in [6.07, 6.45) is 4.39. The molecule has 0 atom stereocenters. The van der Waals surface area contributed by atoms with Gasteiger partial charge >= 0.3 is 0 Å². The molecule has 0 saturated heterocycles. The predicted molar refractivity (Wildman–Crippen MR) is 113 cm³/mol. The number of furan rings is 1. The number of allylic oxidation sites excluding steroid dienone is 1. The Hall–Kier alpha value is -3.27. The standard InChI is InChI=1S/C25H24O4/c1-15-12-19(28)13-23-21(15)14-22(17-6-8-18(27)9-7-17)25(23)20-10-11-29-24(20)5-3-4-16(2)26/h6-13,27-28H,3-5,14H2,1-2H3. The van der Waals surface area contributed by atoms with Gasteiger partial charge in [-0.15, -0.1) is 0 Å². The summed E-state index contributed by atoms with van der Waals surface area (Å²) < 4.78 is 5.79. The normalized spacial score (nSPS) is 13.0. The Bertz CT molecular complexity index is 1100. The largest absolute Gasteiger partial charge is 0.508 e. The number of aromatic hydroxyl groups is 2. The van der Waals surface area contributed by atoms with Crippen LogP contribution in [0.4, 0.5) is 0 Å². The molecule has 1 aliphatic rings. The van der Waals surface area contributed by atoms with Crippen molar-refractivity contribution in [2.45, 2.75) is 39.5 Å². The average molecular weight is 388 g/mol. The minimum atomic E-state index is 0.175. The van der Waals surface area contributed by atoms with Crippen LogP contribution in [0.1, 0.15) is 53.3 Å². The minimum absolute atomic E-state index is 0.175. The third-order valence-electron chi connectivity index (χ3n) is 5.55. The van der Waals surface area contributed by atoms with E-state index in [9.17, 15) is 15.0 Å². The van der Waals surface area contributed by atoms with Gasteiger partial charge in [0.15, 0.2) is 0 Å². The van der Waals surface area contributed by atoms with E-state index in [1.165, 1.54) is 5.56 Å². The van der Waals surface area contributed by atoms with Gasteiger partial charge in [0.2, 0.25) is 0 Å². The number of aryl methyl sites for hydroxylation is 2. The number of carbonyl (C=O) groups is 1. The van der Waals surface area contributed by atoms with E-state index < -0.39 is 0 Å². The fraction of sp³-hybridized carbons (Fsp3) is 0.240. The van der Waals surface area contributed by atoms with Gasteiger partial charge in [-0.2, -0.15) is 0 Å². The molecular formula is C25H24O4. The van der Waals surface area contributed by atoms with Gasteiger partial charge in [-0.05, 0) is 90.4 Å². The quantitative estimate of drug-likeness (QED) is 0.591. The molecule has 4 rings (SSSR count). The van der Waals surface area contributed by atoms with Crippen LogP contribution in [0.25, 0.3) is 11.1 Å². The zero-order chi connectivity index (χ0) is 20.5. The first-order valence-corrected chi connectivity index (χ1v) is 9.85. The molecule has 0 bridgehead atoms. The SMILES string of the molecule is CC(=O)CCCc1occc1C1=C(c2ccc(O)cc2)Cc2c(C)cc(O)cc21. The number of fused-ring (bicyclic) bond motifs is 1. The lowest BCUT2D eigenvalue weighted by atomic mass is 9.93. The molecule has 0 saturated carbocycles. The first-order chi connectivity index (χ1) is 13.9. The van der Waals surface area contributed by atoms with Crippen LogP contribution >= 0.6 is 0 Å². The zero-order valence-electron chi connectivity index (χ0n) is 16.7. The highest BCUT2D eigenvalue weighted by atomic mass is 16.3. The summed E-state index contributed by atoms with van der Waals surface area (Å²) in [6.45, 7) is 3.62. The highest BCUT2D eigenvalue weighted by Crippen LogP contribution is 2.46. The van der Waals surface area contributed by atoms with Crippen molar-refractivity contribution >= 4 is 16.9 Å². The van der Waals surface area contributed by atoms with E-state index in [0.717, 1.165) is 52.0 Å². The number of hydrogen-bond acceptors (Lipinski definition) is 4. The van der Waals surface area contributed by atoms with Crippen LogP contribution in [0.3, 0.4) is 0 Å². The maximum Gasteiger partial charge on any atom is 0.129 e. The second kappa shape index (κ2) is 7.63. The molecule has 0 radical (unpaired) electrons. The third kappa shape index (κ3) is 3.70. The van der Waals surface area contributed by atoms with Gasteiger partial charge in [0, 0.05) is 18.4 Å². The molecule has 148 valence electrons. The summed E-state index contributed by atoms with van der Waals surface area (Å²) in [4.78, 5) is 11.3. The summed E-state index contributed by atoms with van der Waals surface area (Å²) in [5.41, 5.74) is 7.48. The van der Waals surface area contributed by atoms with Gasteiger partial charge in [0.1, 0.15) is 23.0 Å². The van der Waals surface area contributed by atoms with Crippen LogP contribution < -0.4 is 0 Å². The van der Waals surface area contributed by atoms with E-state index in [-0.39, 0.29) is 17.3 Å². The molecule has 4 nitrogen and oxygen atoms in total. The molecule has 0 amide bonds. The Morgan fingerprint density at radius 3 is 2.52 bits per heavy atom. The second-order valence-electron chi connectivity index (χ2n) is 7.68. The molecule has 1 aliphatic carbocycles. The molecule has 4 heteroatoms. The van der Waals surface area contributed by atoms with Crippen LogP contribution in [0.5, 0.6) is 11.5 Å². The van der Waals surface area contributed by atoms with Crippen LogP contribution in [-0.4, -0.2) is 16.0 Å². The van der Waals surface area contributed by atoms with Crippen molar-refractivity contribution < 1.29 is 19.4 Å². The van der Waals surface area contributed by atoms with Gasteiger partial charge in [-0.1, -0.05) is 12.1 Å². The van der Waals surface area contributed by atoms with E-state index in [4.69, 9.17) is 4.42 Å². The van der Waals surface area contributed by atoms with Gasteiger partial charge in [0.25, 0.3) is 0 Å². The summed E-state index contributed by atoms with van der Waals surface area (Å²) in [5.74, 6) is 1.50. The predicted octanol–water partition coefficient (Wildman–Crippen LogP) is 5.43. The second-order valence-corrected chi connectivity index (χ2v) is 7.68. The Labute approximate surface area is 170 Å². The molecule has 1 aromatic heterocycles. The van der Waals surface area contributed by atoms with Crippen molar-refractivity contribution in [3.63, 3.8) is 0 Å². The number of carbonyl (C=O) groups excluding carboxylic acids is 1. The number of phenols is 2. The Balaban J connectivity index is 1.85. The smallest absolute Gasteiger partial charge is 0.129 e. The number of ketones is 1. The number of rotatable bonds is 6. The molecule has 0 spiro atoms. The monoisotopic (exact) mass is 388 g/mol. The summed E-state index contributed by atoms with van der Waals surface area (Å²) in [6, 6.07) is 12.8. The van der Waals surface area contributed by atoms with Crippen molar-refractivity contribution in [3.8, 4) is 11.5 Å². The van der Waals surface area contributed by atoms with Crippen LogP contribution in [0.2, 0.25) is 0 Å². The van der Waals surface area contributed by atoms with Crippen molar-refractivity contribution in [2.75, 3.05) is 0 Å². The third-order valence-corrected chi connectivity index (χ3v) is 5.55. The molecule has 0 aliphatic heterocycles. The van der Waals surface area contributed by atoms with Gasteiger partial charge in [-0.3, -0.25) is 0 Å². The van der Waals surface area contributed by atoms with E-state index in [1.807, 2.05) is 31.2 Å². The fourth-order valence-electron chi connectivity index (χ4n) is 4.15. The maximum atomic E-state index is 11.3. The lowest BCUT2D eigenvalue weighted by Gasteiger charge is -2.11. The average Bonchev–Trinajstić information content (AvgIpc) is 3.26. The summed E-state index contributed by atoms with van der Waals surface area (Å²) in [7, 11) is 0. The topological polar surface area (TPSA) is 70.7 Å². The maximum absolute atomic E-state index is 11.3. The van der Waals surface area contributed by atoms with E-state index >= 15 is 0 Å². The molecule has 29 heavy (non-hydrogen) atoms. The lowest BCUT2D eigenvalue weighted by Crippen LogP contribution is -1.96. The van der Waals surface area contributed by atoms with Crippen LogP contribution in [-0.2, 0) is 17.6 Å². The lowest BCUT2D eigenvalue weighted by molar-refractivity contribution is -0.117. The van der Waals surface area contributed by atoms with Gasteiger partial charge < -0.3 is 19.4 Å². The van der Waals surface area contributed by atoms with E-state index in [0.29, 0.717) is 12.8 Å². The number of Topliss-reactive ketones (excluding diaryl/α,β-unsaturated/α-hetero) is 1. The molecule has 2 aromatic carbocycles. The molecule has 3 aromatic rings. The molecule has 0 unspecified atom stereocenters. The first kappa shape index (κ1) is 19.1. The van der Waals surface area contributed by atoms with Gasteiger partial charge in [-0.25, -0.2) is 0 Å². The number of hydrogen-bond donors (Lipinski definition) is 2. The van der Waals surface area contributed by atoms with E-state index in [2.05, 4.69) is 0 Å². The Morgan fingerprint density at radius 1 is 1.03 bits per heavy atom. The fourth-order valence-corrected chi connectivity index (χ4v) is 4.15. The molecule has 1 heterocycles. The molecular weight excluding hydrogens is 364 g/mol. The highest BCUT2D eigenvalue weighted by molar-refractivity contribution is 6.04. The number of phenolic OH excluding ortho intramolecular Hbond substituents is 2. The number of benzene rings is 2. The van der Waals surface area contributed by atoms with Crippen LogP contribution in [0, 0.1) is 6.92 Å². The van der Waals surface area contributed by atoms with Crippen molar-refractivity contribution in [2.24, 2.45) is 0 Å². The highest BCUT2D eigenvalue weighted by Gasteiger charge is 2.28. The molecule has 2 N–H and O–H groups in total. The zero-order valence-corrected chi connectivity index (χ0v) is 16.7. The summed E-state index contributed by atoms with van der Waals surface area (Å²) >= 11 is 0. The Morgan fingerprint density at radius 2 is 1.79 bits per heavy atom. The minimum Gasteiger partial charge on any atom is -0.508 e. The van der Waals surface area contributed by atoms with Crippen molar-refractivity contribution in [1.29, 1.82) is 0 Å². The molecule has 0 fully saturated rings.